The Morgan fingerprint density at radius 3 is 2.52 bits per heavy atom. The number of nitrogens with one attached hydrogen (secondary N) is 1. The van der Waals surface area contributed by atoms with Crippen molar-refractivity contribution in [2.45, 2.75) is 77.1 Å². The first-order valence-electron chi connectivity index (χ1n) is 16.6. The van der Waals surface area contributed by atoms with Crippen molar-refractivity contribution in [1.29, 1.82) is 0 Å². The lowest BCUT2D eigenvalue weighted by Crippen LogP contribution is -2.57. The molecule has 2 aliphatic rings. The number of sulfonamides is 1. The van der Waals surface area contributed by atoms with Crippen molar-refractivity contribution in [2.75, 3.05) is 32.8 Å². The molecule has 3 heterocycles. The molecule has 0 saturated carbocycles. The summed E-state index contributed by atoms with van der Waals surface area (Å²) >= 11 is 1.53. The highest BCUT2D eigenvalue weighted by Crippen LogP contribution is 2.30. The van der Waals surface area contributed by atoms with Crippen molar-refractivity contribution in [3.63, 3.8) is 0 Å². The van der Waals surface area contributed by atoms with Gasteiger partial charge < -0.3 is 25.0 Å². The van der Waals surface area contributed by atoms with Gasteiger partial charge in [-0.1, -0.05) is 58.0 Å². The van der Waals surface area contributed by atoms with Crippen LogP contribution in [0.3, 0.4) is 0 Å². The van der Waals surface area contributed by atoms with Crippen LogP contribution in [-0.2, 0) is 34.2 Å². The largest absolute Gasteiger partial charge is 0.493 e. The second-order valence-corrected chi connectivity index (χ2v) is 16.4. The summed E-state index contributed by atoms with van der Waals surface area (Å²) in [5.74, 6) is 0.0650. The van der Waals surface area contributed by atoms with E-state index in [9.17, 15) is 23.1 Å². The minimum Gasteiger partial charge on any atom is -0.493 e. The molecule has 0 radical (unpaired) electrons. The van der Waals surface area contributed by atoms with E-state index in [1.807, 2.05) is 70.3 Å². The lowest BCUT2D eigenvalue weighted by Gasteiger charge is -2.34. The van der Waals surface area contributed by atoms with Crippen LogP contribution in [0.2, 0.25) is 0 Å². The Hall–Kier alpha value is -3.52. The number of aromatic nitrogens is 1. The van der Waals surface area contributed by atoms with Crippen LogP contribution in [0.1, 0.15) is 49.5 Å². The number of urea groups is 1. The minimum absolute atomic E-state index is 0.0189. The van der Waals surface area contributed by atoms with Crippen molar-refractivity contribution in [1.82, 2.24) is 24.4 Å². The number of hydrogen-bond acceptors (Lipinski definition) is 8. The van der Waals surface area contributed by atoms with Crippen molar-refractivity contribution in [3.05, 3.63) is 75.7 Å². The molecule has 5 rings (SSSR count). The molecular formula is C35H47N5O6S2. The van der Waals surface area contributed by atoms with Gasteiger partial charge >= 0.3 is 6.03 Å². The fraction of sp³-hybridized carbons (Fsp3) is 0.514. The quantitative estimate of drug-likeness (QED) is 0.245. The number of aliphatic hydroxyl groups is 1. The van der Waals surface area contributed by atoms with Gasteiger partial charge in [0.05, 0.1) is 40.9 Å². The third kappa shape index (κ3) is 8.36. The van der Waals surface area contributed by atoms with Crippen LogP contribution in [0.4, 0.5) is 4.79 Å². The normalized spacial score (nSPS) is 16.8. The number of hydrogen-bond donors (Lipinski definition) is 2. The topological polar surface area (TPSA) is 132 Å². The zero-order chi connectivity index (χ0) is 34.6. The van der Waals surface area contributed by atoms with Crippen LogP contribution in [0.15, 0.2) is 58.8 Å². The van der Waals surface area contributed by atoms with E-state index in [1.165, 1.54) is 15.6 Å². The Balaban J connectivity index is 1.37. The molecule has 2 aromatic carbocycles. The molecule has 0 spiro atoms. The van der Waals surface area contributed by atoms with Gasteiger partial charge in [0.1, 0.15) is 11.8 Å². The van der Waals surface area contributed by atoms with Gasteiger partial charge in [-0.15, -0.1) is 11.3 Å². The van der Waals surface area contributed by atoms with Crippen LogP contribution in [0.5, 0.6) is 5.75 Å². The van der Waals surface area contributed by atoms with Gasteiger partial charge in [-0.3, -0.25) is 4.79 Å². The van der Waals surface area contributed by atoms with Crippen LogP contribution >= 0.6 is 11.3 Å². The van der Waals surface area contributed by atoms with Crippen LogP contribution < -0.4 is 10.1 Å². The number of amides is 3. The summed E-state index contributed by atoms with van der Waals surface area (Å²) in [6.07, 6.45) is -0.338. The molecule has 48 heavy (non-hydrogen) atoms. The molecule has 1 fully saturated rings. The molecule has 1 aromatic heterocycles. The molecule has 13 heteroatoms. The molecule has 0 bridgehead atoms. The molecular weight excluding hydrogens is 651 g/mol. The maximum absolute atomic E-state index is 14.1. The molecule has 2 aliphatic heterocycles. The summed E-state index contributed by atoms with van der Waals surface area (Å²) in [4.78, 5) is 35.6. The number of benzene rings is 2. The number of nitrogens with zero attached hydrogens (tertiary/aromatic N) is 4. The number of carbonyl (C=O) groups excluding carboxylic acids is 2. The SMILES string of the molecule is Cc1nc(CN2CCN(C(C(=O)N[C@@H](Cc3ccccc3)[C@H](O)CN(CC(C)C)S(=O)(=O)c3ccc4c(c3)CCO4)C(C)C)C2=O)cs1. The van der Waals surface area contributed by atoms with Gasteiger partial charge in [-0.2, -0.15) is 4.31 Å². The number of carbonyl (C=O) groups is 2. The fourth-order valence-corrected chi connectivity index (χ4v) is 8.67. The zero-order valence-electron chi connectivity index (χ0n) is 28.3. The van der Waals surface area contributed by atoms with E-state index >= 15 is 0 Å². The lowest BCUT2D eigenvalue weighted by molar-refractivity contribution is -0.128. The average molecular weight is 698 g/mol. The molecule has 3 atom stereocenters. The van der Waals surface area contributed by atoms with E-state index in [0.717, 1.165) is 21.8 Å². The Morgan fingerprint density at radius 2 is 1.85 bits per heavy atom. The Bertz CT molecular complexity index is 1680. The summed E-state index contributed by atoms with van der Waals surface area (Å²) in [6, 6.07) is 12.5. The maximum atomic E-state index is 14.1. The molecule has 3 amide bonds. The number of ether oxygens (including phenoxy) is 1. The van der Waals surface area contributed by atoms with Gasteiger partial charge in [0.25, 0.3) is 0 Å². The number of rotatable bonds is 15. The van der Waals surface area contributed by atoms with E-state index in [1.54, 1.807) is 28.0 Å². The molecule has 1 saturated heterocycles. The summed E-state index contributed by atoms with van der Waals surface area (Å²) in [5, 5.41) is 17.7. The summed E-state index contributed by atoms with van der Waals surface area (Å²) in [6.45, 7) is 11.3. The number of aryl methyl sites for hydroxylation is 1. The monoisotopic (exact) mass is 697 g/mol. The van der Waals surface area contributed by atoms with Crippen molar-refractivity contribution < 1.29 is 27.9 Å². The molecule has 2 N–H and O–H groups in total. The number of aliphatic hydroxyl groups excluding tert-OH is 1. The highest BCUT2D eigenvalue weighted by molar-refractivity contribution is 7.89. The van der Waals surface area contributed by atoms with Crippen molar-refractivity contribution in [3.8, 4) is 5.75 Å². The van der Waals surface area contributed by atoms with Gasteiger partial charge in [-0.05, 0) is 54.5 Å². The standard InChI is InChI=1S/C35H47N5O6S2/c1-23(2)19-39(48(44,45)29-11-12-32-27(18-29)13-16-46-32)21-31(41)30(17-26-9-7-6-8-10-26)37-34(42)33(24(3)4)40-15-14-38(35(40)43)20-28-22-47-25(5)36-28/h6-12,18,22-24,30-31,33,41H,13-17,19-21H2,1-5H3,(H,37,42)/t30-,31+,33?/m0/s1. The van der Waals surface area contributed by atoms with Crippen LogP contribution in [0, 0.1) is 18.8 Å². The Kier molecular flexibility index (Phi) is 11.4. The molecule has 11 nitrogen and oxygen atoms in total. The van der Waals surface area contributed by atoms with Crippen molar-refractivity contribution in [2.24, 2.45) is 11.8 Å². The third-order valence-corrected chi connectivity index (χ3v) is 11.4. The second kappa shape index (κ2) is 15.4. The van der Waals surface area contributed by atoms with E-state index in [4.69, 9.17) is 4.74 Å². The lowest BCUT2D eigenvalue weighted by atomic mass is 9.97. The zero-order valence-corrected chi connectivity index (χ0v) is 30.0. The summed E-state index contributed by atoms with van der Waals surface area (Å²) < 4.78 is 34.9. The van der Waals surface area contributed by atoms with E-state index in [0.29, 0.717) is 38.4 Å². The first-order valence-corrected chi connectivity index (χ1v) is 18.9. The highest BCUT2D eigenvalue weighted by atomic mass is 32.2. The number of fused-ring (bicyclic) bond motifs is 1. The molecule has 260 valence electrons. The van der Waals surface area contributed by atoms with E-state index in [2.05, 4.69) is 10.3 Å². The first-order chi connectivity index (χ1) is 22.8. The highest BCUT2D eigenvalue weighted by Gasteiger charge is 2.40. The minimum atomic E-state index is -3.99. The maximum Gasteiger partial charge on any atom is 0.321 e. The van der Waals surface area contributed by atoms with Gasteiger partial charge in [-0.25, -0.2) is 18.2 Å². The van der Waals surface area contributed by atoms with Gasteiger partial charge in [0, 0.05) is 38.0 Å². The predicted molar refractivity (Wildman–Crippen MR) is 185 cm³/mol. The van der Waals surface area contributed by atoms with Crippen molar-refractivity contribution >= 4 is 33.3 Å². The smallest absolute Gasteiger partial charge is 0.321 e. The van der Waals surface area contributed by atoms with Crippen LogP contribution in [-0.4, -0.2) is 95.5 Å². The molecule has 0 aliphatic carbocycles. The Labute approximate surface area is 288 Å². The number of thiazole rings is 1. The third-order valence-electron chi connectivity index (χ3n) is 8.73. The Morgan fingerprint density at radius 1 is 1.10 bits per heavy atom. The predicted octanol–water partition coefficient (Wildman–Crippen LogP) is 4.08. The average Bonchev–Trinajstić information content (AvgIpc) is 3.77. The summed E-state index contributed by atoms with van der Waals surface area (Å²) in [7, 11) is -3.99. The summed E-state index contributed by atoms with van der Waals surface area (Å²) in [5.41, 5.74) is 2.53. The van der Waals surface area contributed by atoms with Gasteiger partial charge in [0.15, 0.2) is 0 Å². The molecule has 1 unspecified atom stereocenters. The van der Waals surface area contributed by atoms with E-state index in [-0.39, 0.29) is 48.2 Å². The van der Waals surface area contributed by atoms with E-state index < -0.39 is 28.2 Å². The van der Waals surface area contributed by atoms with Crippen LogP contribution in [0.25, 0.3) is 0 Å². The first kappa shape index (κ1) is 35.8. The van der Waals surface area contributed by atoms with Gasteiger partial charge in [0.2, 0.25) is 15.9 Å². The fourth-order valence-electron chi connectivity index (χ4n) is 6.39. The molecule has 3 aromatic rings. The second-order valence-electron chi connectivity index (χ2n) is 13.4.